The van der Waals surface area contributed by atoms with Gasteiger partial charge in [-0.2, -0.15) is 0 Å². The van der Waals surface area contributed by atoms with Crippen LogP contribution in [0, 0.1) is 10.8 Å². The summed E-state index contributed by atoms with van der Waals surface area (Å²) in [5.41, 5.74) is 9.60. The van der Waals surface area contributed by atoms with Gasteiger partial charge in [-0.25, -0.2) is 0 Å². The third kappa shape index (κ3) is 11.7. The third-order valence-corrected chi connectivity index (χ3v) is 8.87. The first-order chi connectivity index (χ1) is 20.0. The van der Waals surface area contributed by atoms with Crippen LogP contribution in [-0.2, 0) is 0 Å². The van der Waals surface area contributed by atoms with Crippen molar-refractivity contribution in [3.05, 3.63) is 117 Å². The molecule has 0 radical (unpaired) electrons. The second kappa shape index (κ2) is 16.4. The molecule has 0 saturated heterocycles. The monoisotopic (exact) mass is 586 g/mol. The normalized spacial score (nSPS) is 26.3. The van der Waals surface area contributed by atoms with Gasteiger partial charge < -0.3 is 15.3 Å². The fraction of sp³-hybridized carbons (Fsp3) is 0.500. The molecule has 2 aliphatic rings. The highest BCUT2D eigenvalue weighted by atomic mass is 16.3. The second-order valence-corrected chi connectivity index (χ2v) is 14.1. The summed E-state index contributed by atoms with van der Waals surface area (Å²) in [5.74, 6) is 0. The molecule has 0 spiro atoms. The quantitative estimate of drug-likeness (QED) is 0.167. The van der Waals surface area contributed by atoms with Crippen molar-refractivity contribution in [2.45, 2.75) is 120 Å². The molecule has 0 heterocycles. The van der Waals surface area contributed by atoms with E-state index in [1.165, 1.54) is 22.3 Å². The SMILES string of the molecule is CC1=C(CC/C(C)=C/C=C/C(C)=C/C=C/C=C(C)/C=C/C=C(C)/C=C/C2=C(C)C(O)[C@@H](O)CC2(C)C)C(C)(C)C[C@H](O)C1. The van der Waals surface area contributed by atoms with Crippen LogP contribution in [0.15, 0.2) is 117 Å². The van der Waals surface area contributed by atoms with Crippen molar-refractivity contribution >= 4 is 0 Å². The lowest BCUT2D eigenvalue weighted by atomic mass is 9.70. The van der Waals surface area contributed by atoms with Crippen LogP contribution < -0.4 is 0 Å². The molecule has 0 saturated carbocycles. The molecule has 2 rings (SSSR count). The first-order valence-electron chi connectivity index (χ1n) is 15.9. The standard InChI is InChI=1S/C40H58O3/c1-28(17-13-19-30(3)21-23-35-32(5)25-34(41)26-39(35,7)8)15-11-12-16-29(2)18-14-20-31(4)22-24-36-33(6)38(43)37(42)27-40(36,9)10/h11-20,22,24,34,37-38,41-43H,21,23,25-27H2,1-10H3/b12-11+,17-13+,18-14+,24-22+,28-15+,29-16+,30-19+,31-20+/t34-,37+,38?/m1/s1. The predicted octanol–water partition coefficient (Wildman–Crippen LogP) is 9.74. The summed E-state index contributed by atoms with van der Waals surface area (Å²) < 4.78 is 0. The van der Waals surface area contributed by atoms with Crippen molar-refractivity contribution in [2.24, 2.45) is 10.8 Å². The van der Waals surface area contributed by atoms with Gasteiger partial charge in [-0.1, -0.05) is 134 Å². The number of aliphatic hydroxyl groups is 3. The highest BCUT2D eigenvalue weighted by Gasteiger charge is 2.37. The van der Waals surface area contributed by atoms with Crippen molar-refractivity contribution in [3.8, 4) is 0 Å². The Labute approximate surface area is 262 Å². The van der Waals surface area contributed by atoms with Crippen molar-refractivity contribution in [2.75, 3.05) is 0 Å². The maximum Gasteiger partial charge on any atom is 0.101 e. The molecule has 0 aliphatic heterocycles. The molecule has 2 aliphatic carbocycles. The van der Waals surface area contributed by atoms with Gasteiger partial charge in [0.1, 0.15) is 6.10 Å². The Morgan fingerprint density at radius 1 is 0.721 bits per heavy atom. The van der Waals surface area contributed by atoms with E-state index in [1.54, 1.807) is 0 Å². The van der Waals surface area contributed by atoms with Crippen LogP contribution in [0.3, 0.4) is 0 Å². The molecule has 0 aromatic rings. The smallest absolute Gasteiger partial charge is 0.101 e. The van der Waals surface area contributed by atoms with Crippen LogP contribution in [0.1, 0.15) is 101 Å². The third-order valence-electron chi connectivity index (χ3n) is 8.87. The molecular formula is C40H58O3. The van der Waals surface area contributed by atoms with Gasteiger partial charge >= 0.3 is 0 Å². The van der Waals surface area contributed by atoms with Gasteiger partial charge in [0.25, 0.3) is 0 Å². The topological polar surface area (TPSA) is 60.7 Å². The summed E-state index contributed by atoms with van der Waals surface area (Å²) in [4.78, 5) is 0. The van der Waals surface area contributed by atoms with Gasteiger partial charge in [0, 0.05) is 0 Å². The lowest BCUT2D eigenvalue weighted by molar-refractivity contribution is 0.00686. The largest absolute Gasteiger partial charge is 0.393 e. The molecule has 0 amide bonds. The Hall–Kier alpha value is -2.72. The lowest BCUT2D eigenvalue weighted by Gasteiger charge is -2.38. The van der Waals surface area contributed by atoms with Crippen molar-refractivity contribution in [3.63, 3.8) is 0 Å². The van der Waals surface area contributed by atoms with E-state index in [1.807, 2.05) is 6.92 Å². The van der Waals surface area contributed by atoms with E-state index in [2.05, 4.69) is 135 Å². The number of aliphatic hydroxyl groups excluding tert-OH is 3. The Kier molecular flexibility index (Phi) is 13.9. The minimum absolute atomic E-state index is 0.0843. The summed E-state index contributed by atoms with van der Waals surface area (Å²) in [6, 6.07) is 0. The van der Waals surface area contributed by atoms with Crippen LogP contribution in [0.4, 0.5) is 0 Å². The Morgan fingerprint density at radius 2 is 1.26 bits per heavy atom. The molecule has 3 nitrogen and oxygen atoms in total. The molecular weight excluding hydrogens is 528 g/mol. The average molecular weight is 587 g/mol. The van der Waals surface area contributed by atoms with Crippen LogP contribution in [0.2, 0.25) is 0 Å². The number of allylic oxidation sites excluding steroid dienone is 18. The molecule has 43 heavy (non-hydrogen) atoms. The number of hydrogen-bond acceptors (Lipinski definition) is 3. The van der Waals surface area contributed by atoms with E-state index in [9.17, 15) is 15.3 Å². The van der Waals surface area contributed by atoms with E-state index < -0.39 is 12.2 Å². The fourth-order valence-corrected chi connectivity index (χ4v) is 6.39. The maximum absolute atomic E-state index is 10.3. The zero-order chi connectivity index (χ0) is 32.4. The van der Waals surface area contributed by atoms with Gasteiger partial charge in [-0.3, -0.25) is 0 Å². The van der Waals surface area contributed by atoms with Gasteiger partial charge in [0.2, 0.25) is 0 Å². The summed E-state index contributed by atoms with van der Waals surface area (Å²) in [7, 11) is 0. The predicted molar refractivity (Wildman–Crippen MR) is 186 cm³/mol. The second-order valence-electron chi connectivity index (χ2n) is 14.1. The molecule has 0 bridgehead atoms. The summed E-state index contributed by atoms with van der Waals surface area (Å²) in [6.07, 6.45) is 27.9. The first-order valence-corrected chi connectivity index (χ1v) is 15.9. The van der Waals surface area contributed by atoms with Crippen molar-refractivity contribution in [1.82, 2.24) is 0 Å². The van der Waals surface area contributed by atoms with Crippen LogP contribution in [0.25, 0.3) is 0 Å². The molecule has 0 fully saturated rings. The molecule has 3 atom stereocenters. The summed E-state index contributed by atoms with van der Waals surface area (Å²) in [5, 5.41) is 30.5. The fourth-order valence-electron chi connectivity index (χ4n) is 6.39. The van der Waals surface area contributed by atoms with Crippen LogP contribution in [-0.4, -0.2) is 33.6 Å². The molecule has 236 valence electrons. The van der Waals surface area contributed by atoms with E-state index in [4.69, 9.17) is 0 Å². The Morgan fingerprint density at radius 3 is 1.84 bits per heavy atom. The molecule has 1 unspecified atom stereocenters. The first kappa shape index (κ1) is 36.5. The van der Waals surface area contributed by atoms with Gasteiger partial charge in [0.05, 0.1) is 12.2 Å². The Balaban J connectivity index is 1.88. The molecule has 3 heteroatoms. The highest BCUT2D eigenvalue weighted by molar-refractivity contribution is 5.39. The van der Waals surface area contributed by atoms with E-state index in [-0.39, 0.29) is 16.9 Å². The van der Waals surface area contributed by atoms with Gasteiger partial charge in [-0.15, -0.1) is 0 Å². The molecule has 0 aromatic heterocycles. The van der Waals surface area contributed by atoms with E-state index in [0.717, 1.165) is 48.0 Å². The van der Waals surface area contributed by atoms with Crippen molar-refractivity contribution < 1.29 is 15.3 Å². The zero-order valence-corrected chi connectivity index (χ0v) is 28.5. The Bertz CT molecular complexity index is 1280. The maximum atomic E-state index is 10.3. The summed E-state index contributed by atoms with van der Waals surface area (Å²) in [6.45, 7) is 21.3. The van der Waals surface area contributed by atoms with Gasteiger partial charge in [-0.05, 0) is 95.6 Å². The van der Waals surface area contributed by atoms with Crippen LogP contribution >= 0.6 is 0 Å². The van der Waals surface area contributed by atoms with Crippen LogP contribution in [0.5, 0.6) is 0 Å². The highest BCUT2D eigenvalue weighted by Crippen LogP contribution is 2.43. The molecule has 0 aromatic carbocycles. The lowest BCUT2D eigenvalue weighted by Crippen LogP contribution is -2.38. The van der Waals surface area contributed by atoms with Gasteiger partial charge in [0.15, 0.2) is 0 Å². The minimum Gasteiger partial charge on any atom is -0.393 e. The van der Waals surface area contributed by atoms with Crippen molar-refractivity contribution in [1.29, 1.82) is 0 Å². The summed E-state index contributed by atoms with van der Waals surface area (Å²) >= 11 is 0. The molecule has 3 N–H and O–H groups in total. The minimum atomic E-state index is -0.789. The number of hydrogen-bond donors (Lipinski definition) is 3. The van der Waals surface area contributed by atoms with E-state index >= 15 is 0 Å². The van der Waals surface area contributed by atoms with E-state index in [0.29, 0.717) is 6.42 Å². The zero-order valence-electron chi connectivity index (χ0n) is 28.5. The number of rotatable bonds is 11. The average Bonchev–Trinajstić information content (AvgIpc) is 2.88.